The molecule has 0 saturated carbocycles. The number of hydrogen-bond acceptors (Lipinski definition) is 4. The Labute approximate surface area is 188 Å². The van der Waals surface area contributed by atoms with Crippen LogP contribution in [0.1, 0.15) is 47.5 Å². The van der Waals surface area contributed by atoms with Crippen molar-refractivity contribution in [2.75, 3.05) is 36.8 Å². The fourth-order valence-corrected chi connectivity index (χ4v) is 6.95. The first-order chi connectivity index (χ1) is 15.3. The van der Waals surface area contributed by atoms with Gasteiger partial charge < -0.3 is 14.8 Å². The number of para-hydroxylation sites is 2. The van der Waals surface area contributed by atoms with E-state index >= 15 is 0 Å². The third kappa shape index (κ3) is 3.39. The van der Waals surface area contributed by atoms with Gasteiger partial charge in [0, 0.05) is 65.6 Å². The van der Waals surface area contributed by atoms with E-state index < -0.39 is 0 Å². The molecule has 4 heterocycles. The Kier molecular flexibility index (Phi) is 5.04. The van der Waals surface area contributed by atoms with Crippen molar-refractivity contribution in [3.63, 3.8) is 0 Å². The van der Waals surface area contributed by atoms with Gasteiger partial charge in [0.15, 0.2) is 5.78 Å². The molecule has 2 aromatic carbocycles. The Hall–Kier alpha value is -2.24. The number of thioether (sulfide) groups is 1. The quantitative estimate of drug-likeness (QED) is 0.556. The largest absolute Gasteiger partial charge is 0.367 e. The Morgan fingerprint density at radius 2 is 2.06 bits per heavy atom. The summed E-state index contributed by atoms with van der Waals surface area (Å²) in [6.07, 6.45) is 5.95. The van der Waals surface area contributed by atoms with Crippen LogP contribution in [-0.4, -0.2) is 53.6 Å². The molecular formula is C26H29N3OS. The number of carbonyl (C=O) groups excluding carboxylic acids is 1. The molecule has 3 aliphatic heterocycles. The zero-order valence-electron chi connectivity index (χ0n) is 17.8. The van der Waals surface area contributed by atoms with Crippen LogP contribution in [0.5, 0.6) is 0 Å². The third-order valence-electron chi connectivity index (χ3n) is 7.35. The molecule has 2 atom stereocenters. The number of H-pyrrole nitrogens is 1. The molecule has 1 N–H and O–H groups in total. The predicted octanol–water partition coefficient (Wildman–Crippen LogP) is 5.30. The lowest BCUT2D eigenvalue weighted by atomic mass is 9.89. The van der Waals surface area contributed by atoms with E-state index in [1.165, 1.54) is 35.7 Å². The van der Waals surface area contributed by atoms with E-state index in [-0.39, 0.29) is 5.78 Å². The van der Waals surface area contributed by atoms with Crippen LogP contribution < -0.4 is 4.90 Å². The highest BCUT2D eigenvalue weighted by Gasteiger charge is 2.43. The van der Waals surface area contributed by atoms with Crippen molar-refractivity contribution < 1.29 is 4.79 Å². The van der Waals surface area contributed by atoms with Crippen molar-refractivity contribution in [1.29, 1.82) is 0 Å². The molecule has 31 heavy (non-hydrogen) atoms. The van der Waals surface area contributed by atoms with E-state index in [1.54, 1.807) is 5.56 Å². The lowest BCUT2D eigenvalue weighted by Crippen LogP contribution is -2.46. The van der Waals surface area contributed by atoms with E-state index in [1.807, 2.05) is 42.2 Å². The van der Waals surface area contributed by atoms with Crippen LogP contribution in [0.4, 0.5) is 5.69 Å². The number of hydrogen-bond donors (Lipinski definition) is 1. The summed E-state index contributed by atoms with van der Waals surface area (Å²) in [4.78, 5) is 22.9. The number of piperidine rings is 1. The van der Waals surface area contributed by atoms with Crippen LogP contribution >= 0.6 is 11.8 Å². The fraction of sp³-hybridized carbons (Fsp3) is 0.423. The molecule has 1 saturated heterocycles. The molecule has 3 aromatic rings. The molecule has 4 nitrogen and oxygen atoms in total. The molecule has 1 aromatic heterocycles. The number of rotatable bonds is 5. The Balaban J connectivity index is 1.11. The van der Waals surface area contributed by atoms with E-state index in [2.05, 4.69) is 33.0 Å². The monoisotopic (exact) mass is 431 g/mol. The van der Waals surface area contributed by atoms with E-state index in [0.717, 1.165) is 42.5 Å². The second-order valence-corrected chi connectivity index (χ2v) is 10.3. The van der Waals surface area contributed by atoms with Gasteiger partial charge in [-0.2, -0.15) is 0 Å². The zero-order chi connectivity index (χ0) is 20.8. The lowest BCUT2D eigenvalue weighted by Gasteiger charge is -2.39. The highest BCUT2D eigenvalue weighted by atomic mass is 32.2. The van der Waals surface area contributed by atoms with Crippen LogP contribution in [0.25, 0.3) is 10.9 Å². The standard InChI is InChI=1S/C26H29N3OS/c30-24(20-16-27-22-8-2-1-6-18(20)22)9-4-12-28-14-11-23-21(17-28)19-7-3-10-25-26(19)29(23)13-5-15-31-25/h1-3,6-8,10,16,21,23,27H,4-5,9,11-15,17H2. The van der Waals surface area contributed by atoms with Crippen molar-refractivity contribution in [1.82, 2.24) is 9.88 Å². The number of ketones is 1. The molecule has 1 fully saturated rings. The molecule has 0 bridgehead atoms. The Bertz CT molecular complexity index is 1120. The van der Waals surface area contributed by atoms with Gasteiger partial charge in [0.05, 0.1) is 5.69 Å². The minimum absolute atomic E-state index is 0.258. The number of fused-ring (bicyclic) bond motifs is 4. The van der Waals surface area contributed by atoms with Crippen molar-refractivity contribution in [3.8, 4) is 0 Å². The molecule has 0 aliphatic carbocycles. The summed E-state index contributed by atoms with van der Waals surface area (Å²) < 4.78 is 0. The molecule has 2 unspecified atom stereocenters. The fourth-order valence-electron chi connectivity index (χ4n) is 5.91. The number of likely N-dealkylation sites (tertiary alicyclic amines) is 1. The SMILES string of the molecule is O=C(CCCN1CCC2C(C1)c1cccc3c1N2CCCS3)c1c[nH]c2ccccc12. The number of carbonyl (C=O) groups is 1. The summed E-state index contributed by atoms with van der Waals surface area (Å²) >= 11 is 2.03. The van der Waals surface area contributed by atoms with Gasteiger partial charge in [0.2, 0.25) is 0 Å². The van der Waals surface area contributed by atoms with E-state index in [9.17, 15) is 4.79 Å². The first kappa shape index (κ1) is 19.4. The molecule has 0 radical (unpaired) electrons. The number of Topliss-reactive ketones (excluding diaryl/α,β-unsaturated/α-hetero) is 1. The molecule has 6 rings (SSSR count). The lowest BCUT2D eigenvalue weighted by molar-refractivity contribution is 0.0972. The summed E-state index contributed by atoms with van der Waals surface area (Å²) in [7, 11) is 0. The summed E-state index contributed by atoms with van der Waals surface area (Å²) in [6, 6.07) is 15.7. The van der Waals surface area contributed by atoms with Gasteiger partial charge in [-0.1, -0.05) is 30.3 Å². The second kappa shape index (κ2) is 8.03. The number of nitrogens with one attached hydrogen (secondary N) is 1. The number of benzene rings is 2. The van der Waals surface area contributed by atoms with Gasteiger partial charge in [-0.05, 0) is 49.3 Å². The molecule has 160 valence electrons. The van der Waals surface area contributed by atoms with Gasteiger partial charge in [-0.3, -0.25) is 4.79 Å². The summed E-state index contributed by atoms with van der Waals surface area (Å²) in [5.74, 6) is 2.11. The van der Waals surface area contributed by atoms with Crippen molar-refractivity contribution in [2.45, 2.75) is 42.5 Å². The van der Waals surface area contributed by atoms with Gasteiger partial charge in [-0.15, -0.1) is 11.8 Å². The maximum atomic E-state index is 12.8. The van der Waals surface area contributed by atoms with Crippen LogP contribution in [0.3, 0.4) is 0 Å². The molecule has 5 heteroatoms. The minimum atomic E-state index is 0.258. The number of anilines is 1. The average Bonchev–Trinajstić information content (AvgIpc) is 3.28. The van der Waals surface area contributed by atoms with Crippen molar-refractivity contribution in [3.05, 3.63) is 59.8 Å². The first-order valence-electron chi connectivity index (χ1n) is 11.6. The van der Waals surface area contributed by atoms with E-state index in [0.29, 0.717) is 18.4 Å². The highest BCUT2D eigenvalue weighted by Crippen LogP contribution is 2.50. The van der Waals surface area contributed by atoms with Gasteiger partial charge in [0.1, 0.15) is 0 Å². The van der Waals surface area contributed by atoms with Crippen LogP contribution in [0.2, 0.25) is 0 Å². The maximum Gasteiger partial charge on any atom is 0.165 e. The minimum Gasteiger partial charge on any atom is -0.367 e. The summed E-state index contributed by atoms with van der Waals surface area (Å²) in [5.41, 5.74) is 4.99. The van der Waals surface area contributed by atoms with Crippen LogP contribution in [0.15, 0.2) is 53.6 Å². The highest BCUT2D eigenvalue weighted by molar-refractivity contribution is 7.99. The normalized spacial score (nSPS) is 22.9. The van der Waals surface area contributed by atoms with Crippen molar-refractivity contribution in [2.24, 2.45) is 0 Å². The van der Waals surface area contributed by atoms with Crippen LogP contribution in [0, 0.1) is 0 Å². The van der Waals surface area contributed by atoms with Gasteiger partial charge in [-0.25, -0.2) is 0 Å². The van der Waals surface area contributed by atoms with Gasteiger partial charge in [0.25, 0.3) is 0 Å². The molecule has 0 spiro atoms. The first-order valence-corrected chi connectivity index (χ1v) is 12.6. The third-order valence-corrected chi connectivity index (χ3v) is 8.48. The second-order valence-electron chi connectivity index (χ2n) is 9.13. The number of aromatic nitrogens is 1. The maximum absolute atomic E-state index is 12.8. The molecule has 3 aliphatic rings. The Morgan fingerprint density at radius 3 is 3.03 bits per heavy atom. The van der Waals surface area contributed by atoms with E-state index in [4.69, 9.17) is 0 Å². The predicted molar refractivity (Wildman–Crippen MR) is 129 cm³/mol. The number of aromatic amines is 1. The van der Waals surface area contributed by atoms with Crippen molar-refractivity contribution >= 4 is 34.1 Å². The number of nitrogens with zero attached hydrogens (tertiary/aromatic N) is 2. The summed E-state index contributed by atoms with van der Waals surface area (Å²) in [6.45, 7) is 4.50. The van der Waals surface area contributed by atoms with Crippen LogP contribution in [-0.2, 0) is 0 Å². The average molecular weight is 432 g/mol. The summed E-state index contributed by atoms with van der Waals surface area (Å²) in [5, 5.41) is 1.05. The van der Waals surface area contributed by atoms with Gasteiger partial charge >= 0.3 is 0 Å². The zero-order valence-corrected chi connectivity index (χ0v) is 18.7. The molecule has 0 amide bonds. The Morgan fingerprint density at radius 1 is 1.13 bits per heavy atom. The smallest absolute Gasteiger partial charge is 0.165 e. The topological polar surface area (TPSA) is 39.3 Å². The molecular weight excluding hydrogens is 402 g/mol.